The molecule has 2 aromatic rings. The van der Waals surface area contributed by atoms with Crippen molar-refractivity contribution in [2.75, 3.05) is 20.3 Å². The number of methoxy groups -OCH3 is 1. The highest BCUT2D eigenvalue weighted by atomic mass is 16.5. The van der Waals surface area contributed by atoms with E-state index in [-0.39, 0.29) is 5.56 Å². The van der Waals surface area contributed by atoms with Crippen molar-refractivity contribution >= 4 is 0 Å². The van der Waals surface area contributed by atoms with Crippen LogP contribution >= 0.6 is 0 Å². The molecule has 0 spiro atoms. The van der Waals surface area contributed by atoms with Gasteiger partial charge in [-0.3, -0.25) is 4.79 Å². The maximum Gasteiger partial charge on any atom is 0.254 e. The number of hydrogen-bond acceptors (Lipinski definition) is 3. The van der Waals surface area contributed by atoms with Crippen LogP contribution in [0.4, 0.5) is 0 Å². The third-order valence-corrected chi connectivity index (χ3v) is 4.91. The first-order valence-electron chi connectivity index (χ1n) is 11.1. The summed E-state index contributed by atoms with van der Waals surface area (Å²) >= 11 is 0. The van der Waals surface area contributed by atoms with Gasteiger partial charge in [-0.25, -0.2) is 0 Å². The van der Waals surface area contributed by atoms with E-state index in [0.29, 0.717) is 18.2 Å². The van der Waals surface area contributed by atoms with E-state index >= 15 is 0 Å². The number of aromatic nitrogens is 1. The quantitative estimate of drug-likeness (QED) is 0.655. The lowest BCUT2D eigenvalue weighted by atomic mass is 10.1. The van der Waals surface area contributed by atoms with Gasteiger partial charge < -0.3 is 14.0 Å². The Bertz CT molecular complexity index is 868. The molecule has 1 saturated heterocycles. The molecule has 0 atom stereocenters. The van der Waals surface area contributed by atoms with Gasteiger partial charge in [-0.05, 0) is 62.8 Å². The second-order valence-corrected chi connectivity index (χ2v) is 7.37. The molecule has 30 heavy (non-hydrogen) atoms. The second-order valence-electron chi connectivity index (χ2n) is 7.37. The molecule has 1 aliphatic heterocycles. The monoisotopic (exact) mass is 409 g/mol. The third-order valence-electron chi connectivity index (χ3n) is 4.91. The number of aryl methyl sites for hydroxylation is 1. The molecule has 0 bridgehead atoms. The van der Waals surface area contributed by atoms with Crippen molar-refractivity contribution in [2.24, 2.45) is 5.92 Å². The Hall–Kier alpha value is -2.51. The molecule has 162 valence electrons. The predicted octanol–water partition coefficient (Wildman–Crippen LogP) is 5.19. The molecule has 0 unspecified atom stereocenters. The van der Waals surface area contributed by atoms with Gasteiger partial charge >= 0.3 is 0 Å². The Balaban J connectivity index is 0.000000340. The second kappa shape index (κ2) is 12.9. The summed E-state index contributed by atoms with van der Waals surface area (Å²) in [4.78, 5) is 12.1. The van der Waals surface area contributed by atoms with E-state index in [1.807, 2.05) is 51.1 Å². The first-order valence-corrected chi connectivity index (χ1v) is 11.1. The van der Waals surface area contributed by atoms with Crippen LogP contribution in [0.1, 0.15) is 62.8 Å². The van der Waals surface area contributed by atoms with E-state index in [9.17, 15) is 4.79 Å². The summed E-state index contributed by atoms with van der Waals surface area (Å²) in [5, 5.41) is 0. The maximum absolute atomic E-state index is 12.1. The van der Waals surface area contributed by atoms with Gasteiger partial charge in [0.15, 0.2) is 0 Å². The molecule has 0 amide bonds. The summed E-state index contributed by atoms with van der Waals surface area (Å²) in [6, 6.07) is 11.5. The van der Waals surface area contributed by atoms with E-state index in [0.717, 1.165) is 30.0 Å². The normalized spacial score (nSPS) is 14.8. The number of benzene rings is 1. The summed E-state index contributed by atoms with van der Waals surface area (Å²) in [7, 11) is 1.57. The van der Waals surface area contributed by atoms with Crippen molar-refractivity contribution in [1.29, 1.82) is 0 Å². The van der Waals surface area contributed by atoms with Gasteiger partial charge in [0, 0.05) is 36.5 Å². The molecule has 2 fully saturated rings. The molecule has 1 saturated carbocycles. The fraction of sp³-hybridized carbons (Fsp3) is 0.500. The molecule has 2 heterocycles. The summed E-state index contributed by atoms with van der Waals surface area (Å²) in [6.07, 6.45) is 6.41. The molecule has 4 rings (SSSR count). The molecular formula is C26H35NO3. The largest absolute Gasteiger partial charge is 0.496 e. The Morgan fingerprint density at radius 3 is 2.20 bits per heavy atom. The smallest absolute Gasteiger partial charge is 0.254 e. The molecular weight excluding hydrogens is 374 g/mol. The fourth-order valence-electron chi connectivity index (χ4n) is 3.00. The predicted molar refractivity (Wildman–Crippen MR) is 123 cm³/mol. The molecule has 1 aromatic carbocycles. The molecule has 2 aliphatic rings. The molecule has 0 N–H and O–H groups in total. The van der Waals surface area contributed by atoms with Crippen molar-refractivity contribution in [3.05, 3.63) is 63.6 Å². The van der Waals surface area contributed by atoms with Crippen LogP contribution in [-0.2, 0) is 11.3 Å². The Morgan fingerprint density at radius 2 is 1.73 bits per heavy atom. The van der Waals surface area contributed by atoms with Gasteiger partial charge in [-0.15, -0.1) is 0 Å². The molecule has 1 aliphatic carbocycles. The minimum Gasteiger partial charge on any atom is -0.496 e. The van der Waals surface area contributed by atoms with Crippen LogP contribution in [0.2, 0.25) is 0 Å². The number of hydrogen-bond donors (Lipinski definition) is 0. The first kappa shape index (κ1) is 23.8. The summed E-state index contributed by atoms with van der Waals surface area (Å²) < 4.78 is 11.9. The van der Waals surface area contributed by atoms with E-state index in [1.54, 1.807) is 11.7 Å². The molecule has 4 nitrogen and oxygen atoms in total. The lowest BCUT2D eigenvalue weighted by molar-refractivity contribution is 0.0968. The molecule has 0 radical (unpaired) electrons. The van der Waals surface area contributed by atoms with Crippen LogP contribution in [0, 0.1) is 24.7 Å². The third kappa shape index (κ3) is 8.08. The number of ether oxygens (including phenoxy) is 2. The standard InChI is InChI=1S/C19H19NO2.C5H10O.C2H6/c1-14-11-18(22-2)12-19(21)20(14)13-17-9-7-16(8-10-17)6-5-15-3-4-15;1-2-4-6-5-3-1;1-2/h7-12,15H,3-4,13H2,1-2H3;1-5H2;1-2H3. The van der Waals surface area contributed by atoms with Crippen molar-refractivity contribution in [3.63, 3.8) is 0 Å². The number of nitrogens with zero attached hydrogens (tertiary/aromatic N) is 1. The van der Waals surface area contributed by atoms with E-state index < -0.39 is 0 Å². The average molecular weight is 410 g/mol. The van der Waals surface area contributed by atoms with Gasteiger partial charge in [-0.1, -0.05) is 37.8 Å². The van der Waals surface area contributed by atoms with Crippen LogP contribution in [0.5, 0.6) is 5.75 Å². The van der Waals surface area contributed by atoms with Crippen molar-refractivity contribution in [3.8, 4) is 17.6 Å². The highest BCUT2D eigenvalue weighted by Gasteiger charge is 2.17. The zero-order chi connectivity index (χ0) is 21.8. The van der Waals surface area contributed by atoms with Gasteiger partial charge in [0.1, 0.15) is 5.75 Å². The van der Waals surface area contributed by atoms with Crippen LogP contribution in [-0.4, -0.2) is 24.9 Å². The molecule has 4 heteroatoms. The zero-order valence-corrected chi connectivity index (χ0v) is 18.9. The Labute approximate surface area is 181 Å². The topological polar surface area (TPSA) is 40.5 Å². The molecule has 1 aromatic heterocycles. The average Bonchev–Trinajstić information content (AvgIpc) is 3.63. The van der Waals surface area contributed by atoms with Crippen LogP contribution in [0.3, 0.4) is 0 Å². The summed E-state index contributed by atoms with van der Waals surface area (Å²) in [5.74, 6) is 7.67. The van der Waals surface area contributed by atoms with E-state index in [4.69, 9.17) is 9.47 Å². The highest BCUT2D eigenvalue weighted by molar-refractivity contribution is 5.37. The van der Waals surface area contributed by atoms with Crippen LogP contribution in [0.25, 0.3) is 0 Å². The fourth-order valence-corrected chi connectivity index (χ4v) is 3.00. The maximum atomic E-state index is 12.1. The highest BCUT2D eigenvalue weighted by Crippen LogP contribution is 2.27. The number of pyridine rings is 1. The van der Waals surface area contributed by atoms with Gasteiger partial charge in [0.25, 0.3) is 5.56 Å². The summed E-state index contributed by atoms with van der Waals surface area (Å²) in [6.45, 7) is 8.48. The van der Waals surface area contributed by atoms with Crippen molar-refractivity contribution < 1.29 is 9.47 Å². The minimum atomic E-state index is -0.0468. The van der Waals surface area contributed by atoms with Crippen molar-refractivity contribution in [2.45, 2.75) is 59.4 Å². The minimum absolute atomic E-state index is 0.0468. The van der Waals surface area contributed by atoms with Gasteiger partial charge in [-0.2, -0.15) is 0 Å². The summed E-state index contributed by atoms with van der Waals surface area (Å²) in [5.41, 5.74) is 2.97. The van der Waals surface area contributed by atoms with Gasteiger partial charge in [0.05, 0.1) is 13.7 Å². The van der Waals surface area contributed by atoms with E-state index in [1.165, 1.54) is 38.2 Å². The first-order chi connectivity index (χ1) is 14.7. The van der Waals surface area contributed by atoms with Crippen LogP contribution < -0.4 is 10.3 Å². The Kier molecular flexibility index (Phi) is 10.2. The van der Waals surface area contributed by atoms with Crippen molar-refractivity contribution in [1.82, 2.24) is 4.57 Å². The zero-order valence-electron chi connectivity index (χ0n) is 18.9. The number of rotatable bonds is 3. The SMILES string of the molecule is C1CCOCC1.CC.COc1cc(C)n(Cc2ccc(C#CC3CC3)cc2)c(=O)c1. The Morgan fingerprint density at radius 1 is 1.07 bits per heavy atom. The lowest BCUT2D eigenvalue weighted by Gasteiger charge is -2.11. The van der Waals surface area contributed by atoms with E-state index in [2.05, 4.69) is 11.8 Å². The lowest BCUT2D eigenvalue weighted by Crippen LogP contribution is -2.22. The van der Waals surface area contributed by atoms with Crippen LogP contribution in [0.15, 0.2) is 41.2 Å². The van der Waals surface area contributed by atoms with Gasteiger partial charge in [0.2, 0.25) is 0 Å².